The molecule has 0 spiro atoms. The molecule has 0 aliphatic heterocycles. The van der Waals surface area contributed by atoms with Crippen LogP contribution >= 0.6 is 31.9 Å². The van der Waals surface area contributed by atoms with Gasteiger partial charge in [0.25, 0.3) is 0 Å². The van der Waals surface area contributed by atoms with Crippen molar-refractivity contribution >= 4 is 31.9 Å². The first-order valence-electron chi connectivity index (χ1n) is 11.7. The smallest absolute Gasteiger partial charge is 0.0256 e. The standard InChI is InChI=1S/C25H36Br2/c1-17-21(18-11-5-2-6-12-18)24(26)23(20-15-9-4-10-16-20)25(27)22(17)19-13-7-3-8-14-19/h18-20,23H,1-16H2. The van der Waals surface area contributed by atoms with Crippen molar-refractivity contribution in [2.24, 2.45) is 23.7 Å². The summed E-state index contributed by atoms with van der Waals surface area (Å²) in [6.45, 7) is 4.73. The number of halogens is 2. The van der Waals surface area contributed by atoms with E-state index in [-0.39, 0.29) is 0 Å². The van der Waals surface area contributed by atoms with Crippen LogP contribution in [0.5, 0.6) is 0 Å². The number of allylic oxidation sites excluding steroid dienone is 5. The third-order valence-electron chi connectivity index (χ3n) is 7.86. The highest BCUT2D eigenvalue weighted by atomic mass is 79.9. The van der Waals surface area contributed by atoms with Gasteiger partial charge in [0, 0.05) is 14.9 Å². The molecule has 0 unspecified atom stereocenters. The van der Waals surface area contributed by atoms with Crippen molar-refractivity contribution in [3.63, 3.8) is 0 Å². The van der Waals surface area contributed by atoms with Crippen LogP contribution in [0.2, 0.25) is 0 Å². The molecule has 0 bridgehead atoms. The van der Waals surface area contributed by atoms with Gasteiger partial charge < -0.3 is 0 Å². The van der Waals surface area contributed by atoms with E-state index in [0.29, 0.717) is 5.92 Å². The largest absolute Gasteiger partial charge is 0.0911 e. The van der Waals surface area contributed by atoms with Crippen molar-refractivity contribution in [3.8, 4) is 0 Å². The van der Waals surface area contributed by atoms with Gasteiger partial charge in [-0.15, -0.1) is 0 Å². The van der Waals surface area contributed by atoms with Crippen LogP contribution in [0.25, 0.3) is 0 Å². The van der Waals surface area contributed by atoms with E-state index in [4.69, 9.17) is 6.58 Å². The van der Waals surface area contributed by atoms with Crippen molar-refractivity contribution in [2.45, 2.75) is 96.3 Å². The second-order valence-corrected chi connectivity index (χ2v) is 11.3. The van der Waals surface area contributed by atoms with Gasteiger partial charge in [-0.1, -0.05) is 96.2 Å². The summed E-state index contributed by atoms with van der Waals surface area (Å²) in [5.74, 6) is 2.87. The quantitative estimate of drug-likeness (QED) is 0.365. The summed E-state index contributed by atoms with van der Waals surface area (Å²) in [5, 5.41) is 0. The zero-order valence-electron chi connectivity index (χ0n) is 16.9. The van der Waals surface area contributed by atoms with E-state index < -0.39 is 0 Å². The van der Waals surface area contributed by atoms with Crippen LogP contribution in [-0.2, 0) is 0 Å². The molecule has 0 aromatic rings. The number of hydrogen-bond acceptors (Lipinski definition) is 0. The highest BCUT2D eigenvalue weighted by Gasteiger charge is 2.40. The summed E-state index contributed by atoms with van der Waals surface area (Å²) in [5.41, 5.74) is 4.67. The number of hydrogen-bond donors (Lipinski definition) is 0. The SMILES string of the molecule is C=C1C(C2CCCCC2)=C(Br)C(C2CCCCC2)C(Br)=C1C1CCCCC1. The Hall–Kier alpha value is 0.180. The van der Waals surface area contributed by atoms with E-state index in [0.717, 1.165) is 17.8 Å². The third kappa shape index (κ3) is 4.23. The highest BCUT2D eigenvalue weighted by Crippen LogP contribution is 2.55. The minimum absolute atomic E-state index is 0.574. The molecular formula is C25H36Br2. The normalized spacial score (nSPS) is 28.3. The summed E-state index contributed by atoms with van der Waals surface area (Å²) in [4.78, 5) is 0. The Bertz CT molecular complexity index is 564. The molecule has 4 aliphatic rings. The minimum Gasteiger partial charge on any atom is -0.0911 e. The van der Waals surface area contributed by atoms with Crippen LogP contribution in [0, 0.1) is 23.7 Å². The Morgan fingerprint density at radius 2 is 0.926 bits per heavy atom. The molecule has 0 aromatic carbocycles. The van der Waals surface area contributed by atoms with E-state index in [1.54, 1.807) is 11.1 Å². The molecule has 0 radical (unpaired) electrons. The molecular weight excluding hydrogens is 460 g/mol. The Balaban J connectivity index is 1.72. The number of rotatable bonds is 3. The fourth-order valence-electron chi connectivity index (χ4n) is 6.43. The maximum atomic E-state index is 4.73. The first-order valence-corrected chi connectivity index (χ1v) is 13.3. The van der Waals surface area contributed by atoms with E-state index in [2.05, 4.69) is 31.9 Å². The van der Waals surface area contributed by atoms with Crippen LogP contribution in [0.15, 0.2) is 32.3 Å². The van der Waals surface area contributed by atoms with E-state index in [9.17, 15) is 0 Å². The average Bonchev–Trinajstić information content (AvgIpc) is 2.70. The molecule has 0 atom stereocenters. The van der Waals surface area contributed by atoms with Gasteiger partial charge in [-0.05, 0) is 73.0 Å². The van der Waals surface area contributed by atoms with Crippen molar-refractivity contribution < 1.29 is 0 Å². The first-order chi connectivity index (χ1) is 13.2. The lowest BCUT2D eigenvalue weighted by molar-refractivity contribution is 0.305. The topological polar surface area (TPSA) is 0 Å². The van der Waals surface area contributed by atoms with Gasteiger partial charge >= 0.3 is 0 Å². The molecule has 4 aliphatic carbocycles. The fourth-order valence-corrected chi connectivity index (χ4v) is 9.07. The van der Waals surface area contributed by atoms with Crippen LogP contribution in [-0.4, -0.2) is 0 Å². The molecule has 0 saturated heterocycles. The zero-order chi connectivity index (χ0) is 18.8. The van der Waals surface area contributed by atoms with Crippen molar-refractivity contribution in [1.29, 1.82) is 0 Å². The van der Waals surface area contributed by atoms with Gasteiger partial charge in [-0.3, -0.25) is 0 Å². The molecule has 3 saturated carbocycles. The monoisotopic (exact) mass is 494 g/mol. The molecule has 0 aromatic heterocycles. The molecule has 2 heteroatoms. The van der Waals surface area contributed by atoms with E-state index in [1.165, 1.54) is 111 Å². The fraction of sp³-hybridized carbons (Fsp3) is 0.760. The molecule has 0 amide bonds. The van der Waals surface area contributed by atoms with Crippen LogP contribution in [0.1, 0.15) is 96.3 Å². The Morgan fingerprint density at radius 1 is 0.556 bits per heavy atom. The van der Waals surface area contributed by atoms with Gasteiger partial charge in [-0.2, -0.15) is 0 Å². The minimum atomic E-state index is 0.574. The second kappa shape index (κ2) is 9.33. The van der Waals surface area contributed by atoms with Crippen molar-refractivity contribution in [2.75, 3.05) is 0 Å². The van der Waals surface area contributed by atoms with Gasteiger partial charge in [0.2, 0.25) is 0 Å². The average molecular weight is 496 g/mol. The molecule has 0 heterocycles. The summed E-state index contributed by atoms with van der Waals surface area (Å²) in [6.07, 6.45) is 21.0. The van der Waals surface area contributed by atoms with Gasteiger partial charge in [0.15, 0.2) is 0 Å². The van der Waals surface area contributed by atoms with Crippen LogP contribution in [0.3, 0.4) is 0 Å². The molecule has 3 fully saturated rings. The molecule has 4 rings (SSSR count). The maximum Gasteiger partial charge on any atom is 0.0256 e. The zero-order valence-corrected chi connectivity index (χ0v) is 20.1. The maximum absolute atomic E-state index is 4.73. The highest BCUT2D eigenvalue weighted by molar-refractivity contribution is 9.12. The summed E-state index contributed by atoms with van der Waals surface area (Å²) < 4.78 is 3.02. The van der Waals surface area contributed by atoms with E-state index >= 15 is 0 Å². The summed E-state index contributed by atoms with van der Waals surface area (Å²) in [7, 11) is 0. The molecule has 0 N–H and O–H groups in total. The van der Waals surface area contributed by atoms with Crippen molar-refractivity contribution in [3.05, 3.63) is 32.3 Å². The van der Waals surface area contributed by atoms with Gasteiger partial charge in [0.05, 0.1) is 0 Å². The Kier molecular flexibility index (Phi) is 7.07. The predicted molar refractivity (Wildman–Crippen MR) is 124 cm³/mol. The summed E-state index contributed by atoms with van der Waals surface area (Å²) >= 11 is 8.36. The lowest BCUT2D eigenvalue weighted by Gasteiger charge is -2.41. The second-order valence-electron chi connectivity index (χ2n) is 9.55. The molecule has 150 valence electrons. The summed E-state index contributed by atoms with van der Waals surface area (Å²) in [6, 6.07) is 0. The molecule has 0 nitrogen and oxygen atoms in total. The predicted octanol–water partition coefficient (Wildman–Crippen LogP) is 9.21. The van der Waals surface area contributed by atoms with Gasteiger partial charge in [-0.25, -0.2) is 0 Å². The first kappa shape index (κ1) is 20.5. The van der Waals surface area contributed by atoms with E-state index in [1.807, 2.05) is 0 Å². The molecule has 27 heavy (non-hydrogen) atoms. The third-order valence-corrected chi connectivity index (χ3v) is 9.70. The Labute approximate surface area is 183 Å². The van der Waals surface area contributed by atoms with Crippen LogP contribution < -0.4 is 0 Å². The lowest BCUT2D eigenvalue weighted by atomic mass is 9.67. The van der Waals surface area contributed by atoms with Gasteiger partial charge in [0.1, 0.15) is 0 Å². The Morgan fingerprint density at radius 3 is 1.33 bits per heavy atom. The van der Waals surface area contributed by atoms with Crippen molar-refractivity contribution in [1.82, 2.24) is 0 Å². The van der Waals surface area contributed by atoms with Crippen LogP contribution in [0.4, 0.5) is 0 Å². The lowest BCUT2D eigenvalue weighted by Crippen LogP contribution is -2.28.